The fourth-order valence-corrected chi connectivity index (χ4v) is 6.60. The van der Waals surface area contributed by atoms with Crippen molar-refractivity contribution in [3.05, 3.63) is 51.9 Å². The predicted octanol–water partition coefficient (Wildman–Crippen LogP) is 3.73. The fraction of sp³-hybridized carbons (Fsp3) is 0.567. The van der Waals surface area contributed by atoms with Gasteiger partial charge < -0.3 is 14.7 Å². The van der Waals surface area contributed by atoms with Gasteiger partial charge in [0.1, 0.15) is 11.9 Å². The molecular formula is C30H38BrN7O2. The molecule has 0 radical (unpaired) electrons. The normalized spacial score (nSPS) is 19.5. The van der Waals surface area contributed by atoms with Gasteiger partial charge in [0.05, 0.1) is 11.0 Å². The molecule has 0 spiro atoms. The number of nitrogens with zero attached hydrogens (tertiary/aromatic N) is 7. The summed E-state index contributed by atoms with van der Waals surface area (Å²) in [5.41, 5.74) is 1.79. The molecule has 3 fully saturated rings. The highest BCUT2D eigenvalue weighted by molar-refractivity contribution is 9.10. The highest BCUT2D eigenvalue weighted by Gasteiger charge is 2.31. The van der Waals surface area contributed by atoms with E-state index in [2.05, 4.69) is 53.7 Å². The Balaban J connectivity index is 1.20. The van der Waals surface area contributed by atoms with Crippen molar-refractivity contribution in [2.45, 2.75) is 51.1 Å². The lowest BCUT2D eigenvalue weighted by Gasteiger charge is -2.37. The van der Waals surface area contributed by atoms with Crippen molar-refractivity contribution in [2.24, 2.45) is 5.92 Å². The maximum atomic E-state index is 13.6. The molecule has 40 heavy (non-hydrogen) atoms. The molecule has 2 aromatic rings. The van der Waals surface area contributed by atoms with Crippen molar-refractivity contribution in [1.82, 2.24) is 24.7 Å². The second-order valence-corrected chi connectivity index (χ2v) is 12.2. The Kier molecular flexibility index (Phi) is 9.45. The van der Waals surface area contributed by atoms with Gasteiger partial charge in [0.25, 0.3) is 0 Å². The Morgan fingerprint density at radius 3 is 2.50 bits per heavy atom. The van der Waals surface area contributed by atoms with Crippen LogP contribution in [0.1, 0.15) is 60.3 Å². The average Bonchev–Trinajstić information content (AvgIpc) is 3.52. The van der Waals surface area contributed by atoms with Crippen molar-refractivity contribution in [3.8, 4) is 6.07 Å². The number of nitriles is 1. The summed E-state index contributed by atoms with van der Waals surface area (Å²) >= 11 is 3.54. The van der Waals surface area contributed by atoms with E-state index in [0.29, 0.717) is 21.8 Å². The fourth-order valence-electron chi connectivity index (χ4n) is 6.18. The number of carbonyl (C=O) groups excluding carboxylic acids is 2. The number of hydrogen-bond acceptors (Lipinski definition) is 8. The molecule has 3 aliphatic rings. The average molecular weight is 609 g/mol. The molecule has 0 atom stereocenters. The van der Waals surface area contributed by atoms with Crippen LogP contribution in [0, 0.1) is 17.2 Å². The number of halogens is 1. The molecule has 10 heteroatoms. The summed E-state index contributed by atoms with van der Waals surface area (Å²) in [7, 11) is 2.11. The summed E-state index contributed by atoms with van der Waals surface area (Å²) in [6.07, 6.45) is 7.61. The highest BCUT2D eigenvalue weighted by Crippen LogP contribution is 2.32. The summed E-state index contributed by atoms with van der Waals surface area (Å²) in [6, 6.07) is 10.2. The second-order valence-electron chi connectivity index (χ2n) is 11.3. The molecule has 2 saturated heterocycles. The molecule has 1 aliphatic carbocycles. The predicted molar refractivity (Wildman–Crippen MR) is 157 cm³/mol. The maximum absolute atomic E-state index is 13.6. The van der Waals surface area contributed by atoms with E-state index < -0.39 is 0 Å². The topological polar surface area (TPSA) is 96.7 Å². The van der Waals surface area contributed by atoms with Crippen LogP contribution in [0.3, 0.4) is 0 Å². The van der Waals surface area contributed by atoms with Crippen LogP contribution in [0.25, 0.3) is 0 Å². The largest absolute Gasteiger partial charge is 0.345 e. The minimum absolute atomic E-state index is 0.0363. The van der Waals surface area contributed by atoms with Crippen molar-refractivity contribution in [2.75, 3.05) is 57.8 Å². The lowest BCUT2D eigenvalue weighted by Crippen LogP contribution is -2.50. The number of carbonyl (C=O) groups is 2. The number of piperazine rings is 1. The van der Waals surface area contributed by atoms with Gasteiger partial charge >= 0.3 is 0 Å². The first-order valence-corrected chi connectivity index (χ1v) is 15.2. The summed E-state index contributed by atoms with van der Waals surface area (Å²) in [5.74, 6) is 1.19. The monoisotopic (exact) mass is 607 g/mol. The van der Waals surface area contributed by atoms with Crippen LogP contribution in [0.5, 0.6) is 0 Å². The molecule has 1 saturated carbocycles. The summed E-state index contributed by atoms with van der Waals surface area (Å²) in [4.78, 5) is 43.8. The maximum Gasteiger partial charge on any atom is 0.234 e. The molecule has 0 unspecified atom stereocenters. The van der Waals surface area contributed by atoms with Crippen molar-refractivity contribution in [3.63, 3.8) is 0 Å². The molecule has 1 aromatic carbocycles. The summed E-state index contributed by atoms with van der Waals surface area (Å²) < 4.78 is 0.689. The Morgan fingerprint density at radius 2 is 1.80 bits per heavy atom. The third-order valence-corrected chi connectivity index (χ3v) is 9.14. The number of benzene rings is 1. The van der Waals surface area contributed by atoms with E-state index in [4.69, 9.17) is 0 Å². The SMILES string of the molecule is CN1CCN(C(=O)C2CCN(Cc3cccc(C(=O)CN(c4nc(C#N)ncc4Br)C4CCCC4)c3)CC2)CC1. The van der Waals surface area contributed by atoms with Gasteiger partial charge in [-0.25, -0.2) is 9.97 Å². The van der Waals surface area contributed by atoms with Crippen LogP contribution in [0.15, 0.2) is 34.9 Å². The van der Waals surface area contributed by atoms with Gasteiger partial charge in [-0.05, 0) is 73.4 Å². The molecule has 1 aromatic heterocycles. The standard InChI is InChI=1S/C30H38BrN7O2/c1-35-13-15-37(16-14-35)30(40)23-9-11-36(12-10-23)20-22-5-4-6-24(17-22)27(39)21-38(25-7-2-3-8-25)29-26(31)19-33-28(18-32)34-29/h4-6,17,19,23,25H,2-3,7-16,20-21H2,1H3. The lowest BCUT2D eigenvalue weighted by atomic mass is 9.94. The van der Waals surface area contributed by atoms with Gasteiger partial charge in [0.2, 0.25) is 11.7 Å². The Hall–Kier alpha value is -2.87. The van der Waals surface area contributed by atoms with Gasteiger partial charge in [-0.3, -0.25) is 14.5 Å². The zero-order chi connectivity index (χ0) is 28.1. The zero-order valence-electron chi connectivity index (χ0n) is 23.3. The number of Topliss-reactive ketones (excluding diaryl/α,β-unsaturated/α-hetero) is 1. The van der Waals surface area contributed by atoms with Crippen LogP contribution in [0.4, 0.5) is 5.82 Å². The minimum atomic E-state index is 0.0363. The van der Waals surface area contributed by atoms with Crippen LogP contribution in [-0.4, -0.2) is 95.3 Å². The number of hydrogen-bond donors (Lipinski definition) is 0. The van der Waals surface area contributed by atoms with Gasteiger partial charge in [0.15, 0.2) is 5.78 Å². The Bertz CT molecular complexity index is 1240. The first-order valence-electron chi connectivity index (χ1n) is 14.4. The first kappa shape index (κ1) is 28.7. The molecule has 0 bridgehead atoms. The number of amides is 1. The molecule has 2 aliphatic heterocycles. The highest BCUT2D eigenvalue weighted by atomic mass is 79.9. The van der Waals surface area contributed by atoms with E-state index >= 15 is 0 Å². The quantitative estimate of drug-likeness (QED) is 0.419. The van der Waals surface area contributed by atoms with Crippen molar-refractivity contribution < 1.29 is 9.59 Å². The number of anilines is 1. The molecule has 5 rings (SSSR count). The number of aromatic nitrogens is 2. The Labute approximate surface area is 245 Å². The number of ketones is 1. The van der Waals surface area contributed by atoms with Crippen LogP contribution < -0.4 is 4.90 Å². The van der Waals surface area contributed by atoms with Crippen LogP contribution in [-0.2, 0) is 11.3 Å². The number of likely N-dealkylation sites (tertiary alicyclic amines) is 1. The zero-order valence-corrected chi connectivity index (χ0v) is 24.9. The van der Waals surface area contributed by atoms with Crippen molar-refractivity contribution >= 4 is 33.4 Å². The third-order valence-electron chi connectivity index (χ3n) is 8.58. The van der Waals surface area contributed by atoms with Gasteiger partial charge in [0, 0.05) is 56.4 Å². The van der Waals surface area contributed by atoms with E-state index in [1.807, 2.05) is 29.2 Å². The van der Waals surface area contributed by atoms with Gasteiger partial charge in [-0.15, -0.1) is 0 Å². The summed E-state index contributed by atoms with van der Waals surface area (Å²) in [6.45, 7) is 6.33. The molecule has 3 heterocycles. The van der Waals surface area contributed by atoms with Gasteiger partial charge in [-0.2, -0.15) is 5.26 Å². The second kappa shape index (κ2) is 13.2. The van der Waals surface area contributed by atoms with Gasteiger partial charge in [-0.1, -0.05) is 31.0 Å². The van der Waals surface area contributed by atoms with E-state index in [9.17, 15) is 14.9 Å². The van der Waals surface area contributed by atoms with Crippen LogP contribution in [0.2, 0.25) is 0 Å². The molecule has 212 valence electrons. The minimum Gasteiger partial charge on any atom is -0.345 e. The lowest BCUT2D eigenvalue weighted by molar-refractivity contribution is -0.138. The van der Waals surface area contributed by atoms with Crippen LogP contribution >= 0.6 is 15.9 Å². The van der Waals surface area contributed by atoms with E-state index in [0.717, 1.165) is 89.9 Å². The molecular weight excluding hydrogens is 570 g/mol. The van der Waals surface area contributed by atoms with E-state index in [-0.39, 0.29) is 30.1 Å². The number of rotatable bonds is 8. The van der Waals surface area contributed by atoms with E-state index in [1.54, 1.807) is 6.20 Å². The number of likely N-dealkylation sites (N-methyl/N-ethyl adjacent to an activating group) is 1. The molecule has 9 nitrogen and oxygen atoms in total. The molecule has 0 N–H and O–H groups in total. The molecule has 1 amide bonds. The number of piperidine rings is 1. The summed E-state index contributed by atoms with van der Waals surface area (Å²) in [5, 5.41) is 9.34. The van der Waals surface area contributed by atoms with Crippen molar-refractivity contribution in [1.29, 1.82) is 5.26 Å². The smallest absolute Gasteiger partial charge is 0.234 e. The first-order chi connectivity index (χ1) is 19.4. The van der Waals surface area contributed by atoms with E-state index in [1.165, 1.54) is 0 Å². The third kappa shape index (κ3) is 6.88. The Morgan fingerprint density at radius 1 is 1.07 bits per heavy atom.